The van der Waals surface area contributed by atoms with Crippen LogP contribution in [0.2, 0.25) is 0 Å². The standard InChI is InChI=1S/C17H21N3O3/c1-4-9-18-16(21)11-23-17(22)14-5-7-15(8-6-14)20-13(3)10-12(2)19-20/h5-8,10H,4,9,11H2,1-3H3,(H,18,21). The monoisotopic (exact) mass is 315 g/mol. The number of nitrogens with one attached hydrogen (secondary N) is 1. The number of benzene rings is 1. The fraction of sp³-hybridized carbons (Fsp3) is 0.353. The first-order valence-corrected chi connectivity index (χ1v) is 7.58. The molecule has 0 atom stereocenters. The number of rotatable bonds is 6. The third kappa shape index (κ3) is 4.42. The minimum absolute atomic E-state index is 0.266. The van der Waals surface area contributed by atoms with Crippen LogP contribution >= 0.6 is 0 Å². The summed E-state index contributed by atoms with van der Waals surface area (Å²) in [5, 5.41) is 7.04. The minimum atomic E-state index is -0.517. The Kier molecular flexibility index (Phi) is 5.51. The highest BCUT2D eigenvalue weighted by Gasteiger charge is 2.11. The quantitative estimate of drug-likeness (QED) is 0.829. The van der Waals surface area contributed by atoms with Gasteiger partial charge in [-0.25, -0.2) is 9.48 Å². The molecular weight excluding hydrogens is 294 g/mol. The molecule has 122 valence electrons. The maximum Gasteiger partial charge on any atom is 0.338 e. The van der Waals surface area contributed by atoms with E-state index in [1.807, 2.05) is 31.5 Å². The van der Waals surface area contributed by atoms with Gasteiger partial charge in [-0.05, 0) is 50.6 Å². The molecule has 1 heterocycles. The lowest BCUT2D eigenvalue weighted by Crippen LogP contribution is -2.29. The van der Waals surface area contributed by atoms with E-state index in [0.717, 1.165) is 23.5 Å². The summed E-state index contributed by atoms with van der Waals surface area (Å²) in [7, 11) is 0. The smallest absolute Gasteiger partial charge is 0.338 e. The topological polar surface area (TPSA) is 73.2 Å². The van der Waals surface area contributed by atoms with Crippen molar-refractivity contribution in [2.75, 3.05) is 13.2 Å². The van der Waals surface area contributed by atoms with Gasteiger partial charge >= 0.3 is 5.97 Å². The van der Waals surface area contributed by atoms with E-state index >= 15 is 0 Å². The number of hydrogen-bond donors (Lipinski definition) is 1. The Morgan fingerprint density at radius 2 is 1.91 bits per heavy atom. The van der Waals surface area contributed by atoms with Crippen molar-refractivity contribution in [2.45, 2.75) is 27.2 Å². The Bertz CT molecular complexity index is 690. The summed E-state index contributed by atoms with van der Waals surface area (Å²) in [5.41, 5.74) is 3.22. The largest absolute Gasteiger partial charge is 0.452 e. The van der Waals surface area contributed by atoms with Gasteiger partial charge in [-0.3, -0.25) is 4.79 Å². The lowest BCUT2D eigenvalue weighted by atomic mass is 10.2. The maximum atomic E-state index is 11.9. The first kappa shape index (κ1) is 16.7. The minimum Gasteiger partial charge on any atom is -0.452 e. The SMILES string of the molecule is CCCNC(=O)COC(=O)c1ccc(-n2nc(C)cc2C)cc1. The number of nitrogens with zero attached hydrogens (tertiary/aromatic N) is 2. The molecule has 0 bridgehead atoms. The summed E-state index contributed by atoms with van der Waals surface area (Å²) in [5.74, 6) is -0.809. The number of ether oxygens (including phenoxy) is 1. The van der Waals surface area contributed by atoms with Gasteiger partial charge in [0.25, 0.3) is 5.91 Å². The average Bonchev–Trinajstić information content (AvgIpc) is 2.89. The van der Waals surface area contributed by atoms with Crippen LogP contribution in [0.5, 0.6) is 0 Å². The predicted molar refractivity (Wildman–Crippen MR) is 86.6 cm³/mol. The van der Waals surface area contributed by atoms with Gasteiger partial charge in [0.15, 0.2) is 6.61 Å². The van der Waals surface area contributed by atoms with Crippen LogP contribution < -0.4 is 5.32 Å². The van der Waals surface area contributed by atoms with E-state index in [2.05, 4.69) is 10.4 Å². The van der Waals surface area contributed by atoms with Crippen molar-refractivity contribution in [3.05, 3.63) is 47.3 Å². The number of aromatic nitrogens is 2. The number of esters is 1. The van der Waals surface area contributed by atoms with Crippen molar-refractivity contribution in [2.24, 2.45) is 0 Å². The highest BCUT2D eigenvalue weighted by molar-refractivity contribution is 5.91. The highest BCUT2D eigenvalue weighted by Crippen LogP contribution is 2.13. The molecule has 6 heteroatoms. The number of aryl methyl sites for hydroxylation is 2. The van der Waals surface area contributed by atoms with Crippen LogP contribution in [0.1, 0.15) is 35.1 Å². The van der Waals surface area contributed by atoms with Crippen LogP contribution in [0.25, 0.3) is 5.69 Å². The van der Waals surface area contributed by atoms with Crippen molar-refractivity contribution in [1.82, 2.24) is 15.1 Å². The van der Waals surface area contributed by atoms with E-state index in [1.54, 1.807) is 24.3 Å². The molecule has 0 spiro atoms. The summed E-state index contributed by atoms with van der Waals surface area (Å²) >= 11 is 0. The molecule has 0 radical (unpaired) electrons. The van der Waals surface area contributed by atoms with Gasteiger partial charge < -0.3 is 10.1 Å². The van der Waals surface area contributed by atoms with Crippen molar-refractivity contribution >= 4 is 11.9 Å². The van der Waals surface area contributed by atoms with Gasteiger partial charge in [0.1, 0.15) is 0 Å². The normalized spacial score (nSPS) is 10.4. The van der Waals surface area contributed by atoms with Crippen LogP contribution in [-0.2, 0) is 9.53 Å². The molecule has 6 nitrogen and oxygen atoms in total. The van der Waals surface area contributed by atoms with Crippen molar-refractivity contribution in [3.8, 4) is 5.69 Å². The maximum absolute atomic E-state index is 11.9. The van der Waals surface area contributed by atoms with Crippen LogP contribution in [0, 0.1) is 13.8 Å². The molecule has 23 heavy (non-hydrogen) atoms. The third-order valence-electron chi connectivity index (χ3n) is 3.26. The van der Waals surface area contributed by atoms with Gasteiger partial charge in [-0.1, -0.05) is 6.92 Å². The van der Waals surface area contributed by atoms with E-state index in [1.165, 1.54) is 0 Å². The summed E-state index contributed by atoms with van der Waals surface area (Å²) in [4.78, 5) is 23.3. The first-order chi connectivity index (χ1) is 11.0. The Morgan fingerprint density at radius 1 is 1.22 bits per heavy atom. The first-order valence-electron chi connectivity index (χ1n) is 7.58. The van der Waals surface area contributed by atoms with E-state index in [-0.39, 0.29) is 12.5 Å². The Morgan fingerprint density at radius 3 is 2.48 bits per heavy atom. The molecule has 0 aliphatic heterocycles. The van der Waals surface area contributed by atoms with E-state index < -0.39 is 5.97 Å². The van der Waals surface area contributed by atoms with Gasteiger partial charge in [0.2, 0.25) is 0 Å². The molecule has 0 aliphatic rings. The second-order valence-electron chi connectivity index (χ2n) is 5.31. The molecule has 2 aromatic rings. The molecular formula is C17H21N3O3. The van der Waals surface area contributed by atoms with E-state index in [0.29, 0.717) is 12.1 Å². The zero-order valence-corrected chi connectivity index (χ0v) is 13.6. The second kappa shape index (κ2) is 7.58. The molecule has 2 rings (SSSR count). The van der Waals surface area contributed by atoms with Crippen LogP contribution in [-0.4, -0.2) is 34.8 Å². The Labute approximate surface area is 135 Å². The van der Waals surface area contributed by atoms with Gasteiger partial charge in [-0.15, -0.1) is 0 Å². The Balaban J connectivity index is 1.98. The second-order valence-corrected chi connectivity index (χ2v) is 5.31. The van der Waals surface area contributed by atoms with E-state index in [4.69, 9.17) is 4.74 Å². The molecule has 0 fully saturated rings. The number of carbonyl (C=O) groups excluding carboxylic acids is 2. The molecule has 0 aliphatic carbocycles. The summed E-state index contributed by atoms with van der Waals surface area (Å²) in [6, 6.07) is 8.91. The fourth-order valence-corrected chi connectivity index (χ4v) is 2.16. The molecule has 0 saturated heterocycles. The van der Waals surface area contributed by atoms with Crippen LogP contribution in [0.3, 0.4) is 0 Å². The van der Waals surface area contributed by atoms with Gasteiger partial charge in [0, 0.05) is 12.2 Å². The van der Waals surface area contributed by atoms with Crippen molar-refractivity contribution in [1.29, 1.82) is 0 Å². The zero-order chi connectivity index (χ0) is 16.8. The molecule has 1 N–H and O–H groups in total. The summed E-state index contributed by atoms with van der Waals surface area (Å²) in [6.07, 6.45) is 0.841. The van der Waals surface area contributed by atoms with Crippen molar-refractivity contribution < 1.29 is 14.3 Å². The fourth-order valence-electron chi connectivity index (χ4n) is 2.16. The molecule has 1 amide bonds. The predicted octanol–water partition coefficient (Wildman–Crippen LogP) is 2.17. The molecule has 0 saturated carbocycles. The van der Waals surface area contributed by atoms with Crippen LogP contribution in [0.4, 0.5) is 0 Å². The number of hydrogen-bond acceptors (Lipinski definition) is 4. The summed E-state index contributed by atoms with van der Waals surface area (Å²) in [6.45, 7) is 6.17. The molecule has 0 unspecified atom stereocenters. The molecule has 1 aromatic carbocycles. The van der Waals surface area contributed by atoms with Gasteiger partial charge in [-0.2, -0.15) is 5.10 Å². The average molecular weight is 315 g/mol. The number of amides is 1. The highest BCUT2D eigenvalue weighted by atomic mass is 16.5. The van der Waals surface area contributed by atoms with E-state index in [9.17, 15) is 9.59 Å². The van der Waals surface area contributed by atoms with Gasteiger partial charge in [0.05, 0.1) is 16.9 Å². The molecule has 1 aromatic heterocycles. The number of carbonyl (C=O) groups is 2. The summed E-state index contributed by atoms with van der Waals surface area (Å²) < 4.78 is 6.80. The zero-order valence-electron chi connectivity index (χ0n) is 13.6. The van der Waals surface area contributed by atoms with Crippen molar-refractivity contribution in [3.63, 3.8) is 0 Å². The van der Waals surface area contributed by atoms with Crippen LogP contribution in [0.15, 0.2) is 30.3 Å². The lowest BCUT2D eigenvalue weighted by molar-refractivity contribution is -0.124. The third-order valence-corrected chi connectivity index (χ3v) is 3.26. The lowest BCUT2D eigenvalue weighted by Gasteiger charge is -2.07. The Hall–Kier alpha value is -2.63.